The number of hydrogen-bond donors (Lipinski definition) is 1. The van der Waals surface area contributed by atoms with Crippen molar-refractivity contribution in [3.05, 3.63) is 62.0 Å². The molecule has 1 atom stereocenters. The number of nitrogens with one attached hydrogen (secondary N) is 1. The van der Waals surface area contributed by atoms with Crippen LogP contribution >= 0.6 is 31.9 Å². The molecule has 1 unspecified atom stereocenters. The molecular formula is C18H21Br2N. The minimum Gasteiger partial charge on any atom is -0.376 e. The molecule has 21 heavy (non-hydrogen) atoms. The van der Waals surface area contributed by atoms with Gasteiger partial charge in [0.1, 0.15) is 0 Å². The zero-order valence-corrected chi connectivity index (χ0v) is 15.9. The zero-order chi connectivity index (χ0) is 15.4. The van der Waals surface area contributed by atoms with Crippen LogP contribution in [0.15, 0.2) is 45.3 Å². The van der Waals surface area contributed by atoms with Gasteiger partial charge in [-0.25, -0.2) is 0 Å². The van der Waals surface area contributed by atoms with Crippen molar-refractivity contribution in [2.24, 2.45) is 0 Å². The standard InChI is InChI=1S/C18H21Br2N/c1-4-13-6-8-14(9-7-13)17(5-2)21-18-15(19)10-12(3)11-16(18)20/h6-11,17,21H,4-5H2,1-3H3. The molecule has 0 heterocycles. The second-order valence-electron chi connectivity index (χ2n) is 5.30. The first-order valence-corrected chi connectivity index (χ1v) is 8.94. The monoisotopic (exact) mass is 409 g/mol. The highest BCUT2D eigenvalue weighted by Gasteiger charge is 2.13. The van der Waals surface area contributed by atoms with Crippen molar-refractivity contribution >= 4 is 37.5 Å². The maximum absolute atomic E-state index is 3.66. The first-order valence-electron chi connectivity index (χ1n) is 7.36. The summed E-state index contributed by atoms with van der Waals surface area (Å²) >= 11 is 7.32. The van der Waals surface area contributed by atoms with Gasteiger partial charge in [-0.15, -0.1) is 0 Å². The minimum atomic E-state index is 0.311. The third-order valence-corrected chi connectivity index (χ3v) is 4.95. The van der Waals surface area contributed by atoms with Gasteiger partial charge in [-0.2, -0.15) is 0 Å². The van der Waals surface area contributed by atoms with E-state index in [4.69, 9.17) is 0 Å². The minimum absolute atomic E-state index is 0.311. The van der Waals surface area contributed by atoms with Crippen molar-refractivity contribution in [1.29, 1.82) is 0 Å². The molecule has 3 heteroatoms. The fraction of sp³-hybridized carbons (Fsp3) is 0.333. The molecule has 2 aromatic carbocycles. The number of anilines is 1. The summed E-state index contributed by atoms with van der Waals surface area (Å²) in [5.41, 5.74) is 5.06. The van der Waals surface area contributed by atoms with Crippen LogP contribution in [0.25, 0.3) is 0 Å². The average Bonchev–Trinajstić information content (AvgIpc) is 2.47. The summed E-state index contributed by atoms with van der Waals surface area (Å²) in [6.45, 7) is 6.49. The molecule has 0 aliphatic heterocycles. The Morgan fingerprint density at radius 1 is 1.00 bits per heavy atom. The summed E-state index contributed by atoms with van der Waals surface area (Å²) in [6, 6.07) is 13.5. The van der Waals surface area contributed by atoms with Gasteiger partial charge in [-0.05, 0) is 80.4 Å². The molecule has 1 nitrogen and oxygen atoms in total. The molecule has 0 aromatic heterocycles. The summed E-state index contributed by atoms with van der Waals surface area (Å²) < 4.78 is 2.19. The summed E-state index contributed by atoms with van der Waals surface area (Å²) in [5, 5.41) is 3.65. The van der Waals surface area contributed by atoms with Crippen LogP contribution in [0.1, 0.15) is 43.0 Å². The van der Waals surface area contributed by atoms with Crippen LogP contribution < -0.4 is 5.32 Å². The molecule has 0 aliphatic carbocycles. The lowest BCUT2D eigenvalue weighted by molar-refractivity contribution is 0.747. The van der Waals surface area contributed by atoms with E-state index in [2.05, 4.69) is 94.3 Å². The molecule has 0 amide bonds. The molecule has 0 spiro atoms. The van der Waals surface area contributed by atoms with Crippen molar-refractivity contribution in [3.8, 4) is 0 Å². The Balaban J connectivity index is 2.26. The predicted octanol–water partition coefficient (Wildman–Crippen LogP) is 6.65. The normalized spacial score (nSPS) is 12.2. The van der Waals surface area contributed by atoms with E-state index in [1.165, 1.54) is 16.7 Å². The van der Waals surface area contributed by atoms with Gasteiger partial charge in [0.15, 0.2) is 0 Å². The summed E-state index contributed by atoms with van der Waals surface area (Å²) in [5.74, 6) is 0. The highest BCUT2D eigenvalue weighted by molar-refractivity contribution is 9.11. The largest absolute Gasteiger partial charge is 0.376 e. The molecular weight excluding hydrogens is 390 g/mol. The van der Waals surface area contributed by atoms with Crippen molar-refractivity contribution in [1.82, 2.24) is 0 Å². The first-order chi connectivity index (χ1) is 10.0. The van der Waals surface area contributed by atoms with Crippen LogP contribution in [0.3, 0.4) is 0 Å². The van der Waals surface area contributed by atoms with Gasteiger partial charge in [0, 0.05) is 8.95 Å². The van der Waals surface area contributed by atoms with Crippen LogP contribution in [-0.4, -0.2) is 0 Å². The van der Waals surface area contributed by atoms with E-state index in [0.717, 1.165) is 27.5 Å². The maximum Gasteiger partial charge on any atom is 0.0634 e. The van der Waals surface area contributed by atoms with E-state index in [-0.39, 0.29) is 0 Å². The molecule has 1 N–H and O–H groups in total. The van der Waals surface area contributed by atoms with Crippen LogP contribution in [0.2, 0.25) is 0 Å². The molecule has 0 bridgehead atoms. The van der Waals surface area contributed by atoms with E-state index >= 15 is 0 Å². The van der Waals surface area contributed by atoms with Crippen molar-refractivity contribution in [2.45, 2.75) is 39.7 Å². The van der Waals surface area contributed by atoms with Crippen LogP contribution in [0.4, 0.5) is 5.69 Å². The Bertz CT molecular complexity index is 582. The number of aryl methyl sites for hydroxylation is 2. The average molecular weight is 411 g/mol. The van der Waals surface area contributed by atoms with Crippen LogP contribution in [0.5, 0.6) is 0 Å². The Morgan fingerprint density at radius 3 is 2.05 bits per heavy atom. The molecule has 0 aliphatic rings. The number of benzene rings is 2. The van der Waals surface area contributed by atoms with E-state index in [9.17, 15) is 0 Å². The van der Waals surface area contributed by atoms with E-state index in [1.54, 1.807) is 0 Å². The summed E-state index contributed by atoms with van der Waals surface area (Å²) in [7, 11) is 0. The Hall–Kier alpha value is -0.800. The van der Waals surface area contributed by atoms with Gasteiger partial charge < -0.3 is 5.32 Å². The van der Waals surface area contributed by atoms with Crippen LogP contribution in [-0.2, 0) is 6.42 Å². The highest BCUT2D eigenvalue weighted by Crippen LogP contribution is 2.35. The Morgan fingerprint density at radius 2 is 1.57 bits per heavy atom. The molecule has 2 aromatic rings. The van der Waals surface area contributed by atoms with Crippen LogP contribution in [0, 0.1) is 6.92 Å². The Labute approximate surface area is 144 Å². The fourth-order valence-electron chi connectivity index (χ4n) is 2.42. The molecule has 0 fully saturated rings. The fourth-order valence-corrected chi connectivity index (χ4v) is 4.06. The topological polar surface area (TPSA) is 12.0 Å². The lowest BCUT2D eigenvalue weighted by atomic mass is 10.0. The first kappa shape index (κ1) is 16.6. The molecule has 0 saturated carbocycles. The summed E-state index contributed by atoms with van der Waals surface area (Å²) in [4.78, 5) is 0. The van der Waals surface area contributed by atoms with Gasteiger partial charge in [0.25, 0.3) is 0 Å². The Kier molecular flexibility index (Phi) is 5.88. The van der Waals surface area contributed by atoms with Crippen molar-refractivity contribution in [3.63, 3.8) is 0 Å². The lowest BCUT2D eigenvalue weighted by Crippen LogP contribution is -2.10. The maximum atomic E-state index is 3.66. The predicted molar refractivity (Wildman–Crippen MR) is 99.1 cm³/mol. The molecule has 0 saturated heterocycles. The summed E-state index contributed by atoms with van der Waals surface area (Å²) in [6.07, 6.45) is 2.12. The van der Waals surface area contributed by atoms with E-state index < -0.39 is 0 Å². The van der Waals surface area contributed by atoms with Gasteiger partial charge in [-0.1, -0.05) is 38.1 Å². The van der Waals surface area contributed by atoms with E-state index in [0.29, 0.717) is 6.04 Å². The molecule has 112 valence electrons. The SMILES string of the molecule is CCc1ccc(C(CC)Nc2c(Br)cc(C)cc2Br)cc1. The quantitative estimate of drug-likeness (QED) is 0.581. The number of rotatable bonds is 5. The number of hydrogen-bond acceptors (Lipinski definition) is 1. The van der Waals surface area contributed by atoms with Crippen molar-refractivity contribution < 1.29 is 0 Å². The van der Waals surface area contributed by atoms with Gasteiger partial charge in [0.2, 0.25) is 0 Å². The molecule has 2 rings (SSSR count). The third kappa shape index (κ3) is 4.10. The smallest absolute Gasteiger partial charge is 0.0634 e. The second kappa shape index (κ2) is 7.46. The van der Waals surface area contributed by atoms with Gasteiger partial charge in [-0.3, -0.25) is 0 Å². The van der Waals surface area contributed by atoms with Gasteiger partial charge in [0.05, 0.1) is 11.7 Å². The molecule has 0 radical (unpaired) electrons. The van der Waals surface area contributed by atoms with E-state index in [1.807, 2.05) is 0 Å². The zero-order valence-electron chi connectivity index (χ0n) is 12.7. The van der Waals surface area contributed by atoms with Gasteiger partial charge >= 0.3 is 0 Å². The lowest BCUT2D eigenvalue weighted by Gasteiger charge is -2.21. The number of halogens is 2. The second-order valence-corrected chi connectivity index (χ2v) is 7.01. The van der Waals surface area contributed by atoms with Crippen molar-refractivity contribution in [2.75, 3.05) is 5.32 Å². The highest BCUT2D eigenvalue weighted by atomic mass is 79.9. The third-order valence-electron chi connectivity index (χ3n) is 3.70.